The Bertz CT molecular complexity index is 1020. The molecule has 1 atom stereocenters. The molecule has 0 aromatic heterocycles. The second-order valence-corrected chi connectivity index (χ2v) is 10.3. The van der Waals surface area contributed by atoms with Crippen molar-refractivity contribution in [2.45, 2.75) is 84.0 Å². The SMILES string of the molecule is CCCC1CC=C(c2ccc(-c3ccc(C4CCC(CC)CC4)c(F)c3F)c(Cl)c2F)CC1. The van der Waals surface area contributed by atoms with Crippen LogP contribution in [0.25, 0.3) is 16.7 Å². The number of hydrogen-bond donors (Lipinski definition) is 0. The van der Waals surface area contributed by atoms with Crippen molar-refractivity contribution in [1.82, 2.24) is 0 Å². The number of halogens is 4. The minimum atomic E-state index is -0.932. The molecular formula is C29H34ClF3. The van der Waals surface area contributed by atoms with Gasteiger partial charge in [-0.25, -0.2) is 13.2 Å². The molecule has 178 valence electrons. The smallest absolute Gasteiger partial charge is 0.166 e. The van der Waals surface area contributed by atoms with E-state index in [1.807, 2.05) is 0 Å². The molecule has 1 saturated carbocycles. The Labute approximate surface area is 201 Å². The summed E-state index contributed by atoms with van der Waals surface area (Å²) in [5.41, 5.74) is 2.10. The summed E-state index contributed by atoms with van der Waals surface area (Å²) in [5.74, 6) is -0.907. The van der Waals surface area contributed by atoms with Gasteiger partial charge in [0, 0.05) is 16.7 Å². The molecule has 2 aliphatic rings. The fourth-order valence-corrected chi connectivity index (χ4v) is 6.05. The van der Waals surface area contributed by atoms with Crippen molar-refractivity contribution in [3.8, 4) is 11.1 Å². The molecule has 1 fully saturated rings. The molecule has 0 heterocycles. The lowest BCUT2D eigenvalue weighted by molar-refractivity contribution is 0.312. The Morgan fingerprint density at radius 2 is 1.48 bits per heavy atom. The van der Waals surface area contributed by atoms with Gasteiger partial charge in [0.15, 0.2) is 11.6 Å². The first-order valence-electron chi connectivity index (χ1n) is 12.6. The maximum absolute atomic E-state index is 15.3. The molecule has 2 aliphatic carbocycles. The van der Waals surface area contributed by atoms with E-state index < -0.39 is 17.5 Å². The van der Waals surface area contributed by atoms with E-state index >= 15 is 13.2 Å². The summed E-state index contributed by atoms with van der Waals surface area (Å²) in [7, 11) is 0. The lowest BCUT2D eigenvalue weighted by Crippen LogP contribution is -2.14. The summed E-state index contributed by atoms with van der Waals surface area (Å²) < 4.78 is 45.5. The fraction of sp³-hybridized carbons (Fsp3) is 0.517. The third-order valence-electron chi connectivity index (χ3n) is 7.91. The number of benzene rings is 2. The fourth-order valence-electron chi connectivity index (χ4n) is 5.78. The average molecular weight is 475 g/mol. The van der Waals surface area contributed by atoms with Crippen LogP contribution in [-0.4, -0.2) is 0 Å². The highest BCUT2D eigenvalue weighted by atomic mass is 35.5. The molecule has 0 nitrogen and oxygen atoms in total. The number of allylic oxidation sites excluding steroid dienone is 2. The van der Waals surface area contributed by atoms with E-state index in [2.05, 4.69) is 19.9 Å². The van der Waals surface area contributed by atoms with Crippen LogP contribution >= 0.6 is 11.6 Å². The molecule has 0 N–H and O–H groups in total. The Morgan fingerprint density at radius 3 is 2.12 bits per heavy atom. The first kappa shape index (κ1) is 24.4. The van der Waals surface area contributed by atoms with E-state index in [0.29, 0.717) is 23.0 Å². The zero-order valence-electron chi connectivity index (χ0n) is 19.7. The van der Waals surface area contributed by atoms with Gasteiger partial charge in [0.05, 0.1) is 5.02 Å². The van der Waals surface area contributed by atoms with Crippen molar-refractivity contribution in [3.05, 3.63) is 63.9 Å². The first-order valence-corrected chi connectivity index (χ1v) is 13.0. The number of hydrogen-bond acceptors (Lipinski definition) is 0. The quantitative estimate of drug-likeness (QED) is 0.390. The van der Waals surface area contributed by atoms with Gasteiger partial charge in [-0.1, -0.05) is 75.1 Å². The van der Waals surface area contributed by atoms with Crippen LogP contribution in [0, 0.1) is 29.3 Å². The van der Waals surface area contributed by atoms with Gasteiger partial charge in [-0.15, -0.1) is 0 Å². The molecule has 0 radical (unpaired) electrons. The highest BCUT2D eigenvalue weighted by Gasteiger charge is 2.27. The van der Waals surface area contributed by atoms with Gasteiger partial charge in [-0.05, 0) is 73.8 Å². The van der Waals surface area contributed by atoms with Crippen LogP contribution < -0.4 is 0 Å². The van der Waals surface area contributed by atoms with E-state index in [-0.39, 0.29) is 22.1 Å². The Morgan fingerprint density at radius 1 is 0.788 bits per heavy atom. The van der Waals surface area contributed by atoms with Crippen molar-refractivity contribution in [1.29, 1.82) is 0 Å². The standard InChI is InChI=1S/C29H34ClF3/c1-3-5-19-8-12-20(13-9-19)22-14-16-24(26(30)27(22)31)25-17-15-23(28(32)29(25)33)21-10-6-18(4-2)7-11-21/h12,14-19,21H,3-11,13H2,1-2H3. The summed E-state index contributed by atoms with van der Waals surface area (Å²) >= 11 is 6.38. The summed E-state index contributed by atoms with van der Waals surface area (Å²) in [5, 5.41) is -0.140. The molecule has 33 heavy (non-hydrogen) atoms. The van der Waals surface area contributed by atoms with Crippen molar-refractivity contribution in [2.75, 3.05) is 0 Å². The maximum atomic E-state index is 15.3. The van der Waals surface area contributed by atoms with Crippen LogP contribution in [0.3, 0.4) is 0 Å². The minimum Gasteiger partial charge on any atom is -0.205 e. The molecular weight excluding hydrogens is 441 g/mol. The van der Waals surface area contributed by atoms with Crippen LogP contribution in [0.4, 0.5) is 13.2 Å². The predicted molar refractivity (Wildman–Crippen MR) is 132 cm³/mol. The van der Waals surface area contributed by atoms with Gasteiger partial charge >= 0.3 is 0 Å². The van der Waals surface area contributed by atoms with Gasteiger partial charge in [0.2, 0.25) is 0 Å². The predicted octanol–water partition coefficient (Wildman–Crippen LogP) is 10.1. The average Bonchev–Trinajstić information content (AvgIpc) is 2.84. The van der Waals surface area contributed by atoms with E-state index in [0.717, 1.165) is 63.4 Å². The molecule has 0 spiro atoms. The normalized spacial score (nSPS) is 23.5. The monoisotopic (exact) mass is 474 g/mol. The second kappa shape index (κ2) is 10.7. The Kier molecular flexibility index (Phi) is 7.89. The molecule has 2 aromatic rings. The molecule has 0 saturated heterocycles. The third-order valence-corrected chi connectivity index (χ3v) is 8.28. The second-order valence-electron chi connectivity index (χ2n) is 9.90. The highest BCUT2D eigenvalue weighted by molar-refractivity contribution is 6.33. The van der Waals surface area contributed by atoms with Gasteiger partial charge < -0.3 is 0 Å². The van der Waals surface area contributed by atoms with Gasteiger partial charge in [-0.3, -0.25) is 0 Å². The number of rotatable bonds is 6. The zero-order valence-corrected chi connectivity index (χ0v) is 20.5. The first-order chi connectivity index (χ1) is 15.9. The summed E-state index contributed by atoms with van der Waals surface area (Å²) in [6.07, 6.45) is 12.3. The maximum Gasteiger partial charge on any atom is 0.166 e. The van der Waals surface area contributed by atoms with E-state index in [1.165, 1.54) is 6.42 Å². The third kappa shape index (κ3) is 5.04. The van der Waals surface area contributed by atoms with Crippen molar-refractivity contribution < 1.29 is 13.2 Å². The summed E-state index contributed by atoms with van der Waals surface area (Å²) in [6, 6.07) is 6.53. The van der Waals surface area contributed by atoms with E-state index in [4.69, 9.17) is 11.6 Å². The lowest BCUT2D eigenvalue weighted by atomic mass is 9.77. The van der Waals surface area contributed by atoms with Crippen LogP contribution in [0.15, 0.2) is 30.3 Å². The lowest BCUT2D eigenvalue weighted by Gasteiger charge is -2.28. The molecule has 2 aromatic carbocycles. The Hall–Kier alpha value is -1.74. The van der Waals surface area contributed by atoms with Crippen molar-refractivity contribution in [3.63, 3.8) is 0 Å². The molecule has 4 rings (SSSR count). The summed E-state index contributed by atoms with van der Waals surface area (Å²) in [6.45, 7) is 4.37. The van der Waals surface area contributed by atoms with Crippen molar-refractivity contribution >= 4 is 17.2 Å². The molecule has 0 amide bonds. The Balaban J connectivity index is 1.60. The van der Waals surface area contributed by atoms with Gasteiger partial charge in [0.25, 0.3) is 0 Å². The van der Waals surface area contributed by atoms with E-state index in [1.54, 1.807) is 24.3 Å². The minimum absolute atomic E-state index is 0.0228. The summed E-state index contributed by atoms with van der Waals surface area (Å²) in [4.78, 5) is 0. The molecule has 0 bridgehead atoms. The zero-order chi connectivity index (χ0) is 23.5. The highest BCUT2D eigenvalue weighted by Crippen LogP contribution is 2.42. The largest absolute Gasteiger partial charge is 0.205 e. The topological polar surface area (TPSA) is 0 Å². The van der Waals surface area contributed by atoms with Crippen LogP contribution in [0.1, 0.15) is 95.1 Å². The van der Waals surface area contributed by atoms with Crippen LogP contribution in [0.5, 0.6) is 0 Å². The molecule has 0 aliphatic heterocycles. The van der Waals surface area contributed by atoms with Crippen LogP contribution in [-0.2, 0) is 0 Å². The van der Waals surface area contributed by atoms with Gasteiger partial charge in [0.1, 0.15) is 5.82 Å². The molecule has 1 unspecified atom stereocenters. The molecule has 4 heteroatoms. The van der Waals surface area contributed by atoms with Crippen LogP contribution in [0.2, 0.25) is 5.02 Å². The van der Waals surface area contributed by atoms with E-state index in [9.17, 15) is 0 Å². The van der Waals surface area contributed by atoms with Crippen molar-refractivity contribution in [2.24, 2.45) is 11.8 Å². The van der Waals surface area contributed by atoms with Gasteiger partial charge in [-0.2, -0.15) is 0 Å².